The number of hydrogen-bond donors (Lipinski definition) is 0. The Kier molecular flexibility index (Phi) is 16.2. The highest BCUT2D eigenvalue weighted by molar-refractivity contribution is 7.98. The molecule has 0 fully saturated rings. The van der Waals surface area contributed by atoms with Crippen molar-refractivity contribution in [1.29, 1.82) is 0 Å². The molecule has 78 valence electrons. The third-order valence-corrected chi connectivity index (χ3v) is 2.00. The van der Waals surface area contributed by atoms with E-state index in [4.69, 9.17) is 0 Å². The van der Waals surface area contributed by atoms with Gasteiger partial charge in [-0.25, -0.2) is 0 Å². The first kappa shape index (κ1) is 18.3. The van der Waals surface area contributed by atoms with Gasteiger partial charge in [-0.2, -0.15) is 0 Å². The van der Waals surface area contributed by atoms with Crippen molar-refractivity contribution in [2.24, 2.45) is 0 Å². The third kappa shape index (κ3) is 7.84. The lowest BCUT2D eigenvalue weighted by Gasteiger charge is -1.93. The van der Waals surface area contributed by atoms with Crippen molar-refractivity contribution in [3.05, 3.63) is 29.8 Å². The van der Waals surface area contributed by atoms with Crippen LogP contribution in [0.3, 0.4) is 0 Å². The molecular weight excluding hydrogens is 184 g/mol. The molecule has 0 aromatic heterocycles. The van der Waals surface area contributed by atoms with Crippen LogP contribution in [0.25, 0.3) is 0 Å². The number of thioether (sulfide) groups is 1. The van der Waals surface area contributed by atoms with Crippen LogP contribution in [0.4, 0.5) is 0 Å². The smallest absolute Gasteiger partial charge is 0.00693 e. The molecule has 1 aromatic rings. The average Bonchev–Trinajstić information content (AvgIpc) is 2.10. The summed E-state index contributed by atoms with van der Waals surface area (Å²) in [5.74, 6) is 0. The van der Waals surface area contributed by atoms with Crippen LogP contribution in [0.5, 0.6) is 0 Å². The Hall–Kier alpha value is -0.510. The lowest BCUT2D eigenvalue weighted by Crippen LogP contribution is -1.70. The van der Waals surface area contributed by atoms with E-state index in [1.165, 1.54) is 10.5 Å². The van der Waals surface area contributed by atoms with Crippen LogP contribution in [-0.4, -0.2) is 17.2 Å². The van der Waals surface area contributed by atoms with Crippen LogP contribution >= 0.6 is 11.8 Å². The summed E-state index contributed by atoms with van der Waals surface area (Å²) in [6.45, 7) is 6.10. The Morgan fingerprint density at radius 2 is 1.31 bits per heavy atom. The van der Waals surface area contributed by atoms with Gasteiger partial charge in [-0.3, -0.25) is 0 Å². The SMILES string of the molecule is CC.CSc1ccc(C)cc1.O.O. The maximum atomic E-state index is 2.14. The zero-order chi connectivity index (χ0) is 8.69. The Balaban J connectivity index is -0.000000234. The average molecular weight is 204 g/mol. The van der Waals surface area contributed by atoms with E-state index in [0.29, 0.717) is 0 Å². The normalized spacial score (nSPS) is 7.08. The molecule has 0 saturated heterocycles. The molecule has 3 heteroatoms. The molecule has 0 atom stereocenters. The van der Waals surface area contributed by atoms with Gasteiger partial charge in [-0.05, 0) is 25.3 Å². The van der Waals surface area contributed by atoms with Crippen LogP contribution in [0.1, 0.15) is 19.4 Å². The highest BCUT2D eigenvalue weighted by atomic mass is 32.2. The predicted molar refractivity (Wildman–Crippen MR) is 61.5 cm³/mol. The van der Waals surface area contributed by atoms with Gasteiger partial charge in [0.1, 0.15) is 0 Å². The lowest BCUT2D eigenvalue weighted by atomic mass is 10.2. The fourth-order valence-corrected chi connectivity index (χ4v) is 1.08. The summed E-state index contributed by atoms with van der Waals surface area (Å²) in [6, 6.07) is 8.54. The molecule has 0 heterocycles. The molecule has 1 rings (SSSR count). The predicted octanol–water partition coefficient (Wildman–Crippen LogP) is 2.09. The quantitative estimate of drug-likeness (QED) is 0.646. The Morgan fingerprint density at radius 1 is 0.923 bits per heavy atom. The van der Waals surface area contributed by atoms with Gasteiger partial charge in [0.05, 0.1) is 0 Å². The molecule has 0 spiro atoms. The van der Waals surface area contributed by atoms with Gasteiger partial charge in [0.25, 0.3) is 0 Å². The molecule has 0 amide bonds. The second kappa shape index (κ2) is 11.5. The van der Waals surface area contributed by atoms with E-state index >= 15 is 0 Å². The van der Waals surface area contributed by atoms with E-state index in [1.54, 1.807) is 11.8 Å². The Bertz CT molecular complexity index is 185. The van der Waals surface area contributed by atoms with Gasteiger partial charge in [0.15, 0.2) is 0 Å². The minimum Gasteiger partial charge on any atom is -0.412 e. The van der Waals surface area contributed by atoms with Gasteiger partial charge in [-0.1, -0.05) is 31.5 Å². The van der Waals surface area contributed by atoms with Gasteiger partial charge in [0, 0.05) is 4.90 Å². The number of hydrogen-bond acceptors (Lipinski definition) is 1. The van der Waals surface area contributed by atoms with Gasteiger partial charge in [-0.15, -0.1) is 11.8 Å². The molecule has 2 nitrogen and oxygen atoms in total. The molecule has 1 aromatic carbocycles. The Morgan fingerprint density at radius 3 is 1.62 bits per heavy atom. The second-order valence-corrected chi connectivity index (χ2v) is 2.90. The molecule has 0 aliphatic rings. The monoisotopic (exact) mass is 204 g/mol. The Labute approximate surface area is 85.0 Å². The van der Waals surface area contributed by atoms with E-state index in [1.807, 2.05) is 13.8 Å². The molecule has 4 N–H and O–H groups in total. The van der Waals surface area contributed by atoms with Crippen molar-refractivity contribution in [1.82, 2.24) is 0 Å². The highest BCUT2D eigenvalue weighted by Gasteiger charge is 1.85. The summed E-state index contributed by atoms with van der Waals surface area (Å²) in [5, 5.41) is 0. The first-order valence-corrected chi connectivity index (χ1v) is 5.16. The van der Waals surface area contributed by atoms with Crippen molar-refractivity contribution in [2.75, 3.05) is 6.26 Å². The summed E-state index contributed by atoms with van der Waals surface area (Å²) in [5.41, 5.74) is 1.33. The van der Waals surface area contributed by atoms with Crippen LogP contribution in [0.2, 0.25) is 0 Å². The van der Waals surface area contributed by atoms with E-state index in [-0.39, 0.29) is 11.0 Å². The molecule has 0 radical (unpaired) electrons. The topological polar surface area (TPSA) is 63.0 Å². The van der Waals surface area contributed by atoms with Crippen LogP contribution < -0.4 is 0 Å². The first-order chi connectivity index (χ1) is 5.33. The fraction of sp³-hybridized carbons (Fsp3) is 0.400. The van der Waals surface area contributed by atoms with Crippen molar-refractivity contribution >= 4 is 11.8 Å². The van der Waals surface area contributed by atoms with Crippen molar-refractivity contribution in [3.63, 3.8) is 0 Å². The summed E-state index contributed by atoms with van der Waals surface area (Å²) in [4.78, 5) is 1.33. The van der Waals surface area contributed by atoms with E-state index in [2.05, 4.69) is 37.4 Å². The van der Waals surface area contributed by atoms with Gasteiger partial charge < -0.3 is 11.0 Å². The van der Waals surface area contributed by atoms with Gasteiger partial charge in [0.2, 0.25) is 0 Å². The van der Waals surface area contributed by atoms with E-state index in [9.17, 15) is 0 Å². The van der Waals surface area contributed by atoms with Crippen LogP contribution in [-0.2, 0) is 0 Å². The first-order valence-electron chi connectivity index (χ1n) is 3.93. The molecule has 0 bridgehead atoms. The largest absolute Gasteiger partial charge is 0.412 e. The molecule has 0 saturated carbocycles. The molecule has 13 heavy (non-hydrogen) atoms. The third-order valence-electron chi connectivity index (χ3n) is 1.26. The summed E-state index contributed by atoms with van der Waals surface area (Å²) < 4.78 is 0. The highest BCUT2D eigenvalue weighted by Crippen LogP contribution is 2.13. The minimum absolute atomic E-state index is 0. The number of benzene rings is 1. The van der Waals surface area contributed by atoms with Crippen molar-refractivity contribution in [2.45, 2.75) is 25.7 Å². The maximum absolute atomic E-state index is 2.14. The number of aryl methyl sites for hydroxylation is 1. The van der Waals surface area contributed by atoms with E-state index in [0.717, 1.165) is 0 Å². The molecular formula is C10H20O2S. The zero-order valence-corrected chi connectivity index (χ0v) is 9.53. The van der Waals surface area contributed by atoms with E-state index < -0.39 is 0 Å². The summed E-state index contributed by atoms with van der Waals surface area (Å²) in [7, 11) is 0. The minimum atomic E-state index is 0. The van der Waals surface area contributed by atoms with Crippen molar-refractivity contribution in [3.8, 4) is 0 Å². The van der Waals surface area contributed by atoms with Crippen LogP contribution in [0.15, 0.2) is 29.2 Å². The fourth-order valence-electron chi connectivity index (χ4n) is 0.674. The standard InChI is InChI=1S/C8H10S.C2H6.2H2O/c1-7-3-5-8(9-2)6-4-7;1-2;;/h3-6H,1-2H3;1-2H3;2*1H2. The summed E-state index contributed by atoms with van der Waals surface area (Å²) in [6.07, 6.45) is 2.09. The zero-order valence-electron chi connectivity index (χ0n) is 8.72. The van der Waals surface area contributed by atoms with Crippen LogP contribution in [0, 0.1) is 6.92 Å². The maximum Gasteiger partial charge on any atom is 0.00693 e. The molecule has 0 aliphatic carbocycles. The lowest BCUT2D eigenvalue weighted by molar-refractivity contribution is 0.823. The summed E-state index contributed by atoms with van der Waals surface area (Å²) >= 11 is 1.78. The number of rotatable bonds is 1. The molecule has 0 unspecified atom stereocenters. The molecule has 0 aliphatic heterocycles. The van der Waals surface area contributed by atoms with Crippen molar-refractivity contribution < 1.29 is 11.0 Å². The van der Waals surface area contributed by atoms with Gasteiger partial charge >= 0.3 is 0 Å². The second-order valence-electron chi connectivity index (χ2n) is 2.02.